The third kappa shape index (κ3) is 5.43. The lowest BCUT2D eigenvalue weighted by Crippen LogP contribution is -2.37. The van der Waals surface area contributed by atoms with Crippen molar-refractivity contribution in [1.29, 1.82) is 0 Å². The van der Waals surface area contributed by atoms with Gasteiger partial charge in [0, 0.05) is 25.6 Å². The zero-order chi connectivity index (χ0) is 10.3. The monoisotopic (exact) mass is 189 g/mol. The first-order valence-electron chi connectivity index (χ1n) is 4.31. The molecule has 0 radical (unpaired) electrons. The highest BCUT2D eigenvalue weighted by Crippen LogP contribution is 1.93. The maximum absolute atomic E-state index is 8.38. The van der Waals surface area contributed by atoms with Crippen LogP contribution in [0.25, 0.3) is 0 Å². The molecule has 78 valence electrons. The summed E-state index contributed by atoms with van der Waals surface area (Å²) in [7, 11) is 1.66. The van der Waals surface area contributed by atoms with Crippen molar-refractivity contribution in [2.24, 2.45) is 16.8 Å². The number of ether oxygens (including phenoxy) is 1. The number of hydrogen-bond donors (Lipinski definition) is 3. The van der Waals surface area contributed by atoms with Gasteiger partial charge in [0.25, 0.3) is 0 Å². The van der Waals surface area contributed by atoms with Crippen molar-refractivity contribution < 1.29 is 9.94 Å². The molecule has 4 N–H and O–H groups in total. The van der Waals surface area contributed by atoms with E-state index in [1.54, 1.807) is 7.11 Å². The van der Waals surface area contributed by atoms with Crippen LogP contribution in [0.1, 0.15) is 13.8 Å². The van der Waals surface area contributed by atoms with E-state index in [1.165, 1.54) is 0 Å². The molecule has 2 unspecified atom stereocenters. The van der Waals surface area contributed by atoms with Crippen molar-refractivity contribution in [2.45, 2.75) is 19.9 Å². The first-order chi connectivity index (χ1) is 6.11. The van der Waals surface area contributed by atoms with Gasteiger partial charge in [0.1, 0.15) is 5.84 Å². The van der Waals surface area contributed by atoms with Crippen molar-refractivity contribution >= 4 is 5.84 Å². The van der Waals surface area contributed by atoms with Crippen LogP contribution >= 0.6 is 0 Å². The molecule has 0 amide bonds. The third-order valence-corrected chi connectivity index (χ3v) is 1.81. The Hall–Kier alpha value is -0.810. The minimum Gasteiger partial charge on any atom is -0.409 e. The van der Waals surface area contributed by atoms with Crippen molar-refractivity contribution in [1.82, 2.24) is 5.32 Å². The van der Waals surface area contributed by atoms with E-state index in [4.69, 9.17) is 15.7 Å². The summed E-state index contributed by atoms with van der Waals surface area (Å²) in [5.74, 6) is 0.279. The standard InChI is InChI=1S/C8H19N3O2/c1-6(8(9)11-12)4-10-7(2)5-13-3/h6-7,10,12H,4-5H2,1-3H3,(H2,9,11). The van der Waals surface area contributed by atoms with Crippen LogP contribution in [-0.4, -0.2) is 37.3 Å². The van der Waals surface area contributed by atoms with Crippen molar-refractivity contribution in [3.8, 4) is 0 Å². The highest BCUT2D eigenvalue weighted by atomic mass is 16.5. The largest absolute Gasteiger partial charge is 0.409 e. The number of amidine groups is 1. The van der Waals surface area contributed by atoms with Crippen molar-refractivity contribution in [2.75, 3.05) is 20.3 Å². The Labute approximate surface area is 78.9 Å². The first kappa shape index (κ1) is 12.2. The molecule has 2 atom stereocenters. The van der Waals surface area contributed by atoms with Gasteiger partial charge in [-0.1, -0.05) is 12.1 Å². The van der Waals surface area contributed by atoms with Crippen LogP contribution in [0.15, 0.2) is 5.16 Å². The number of rotatable bonds is 6. The molecular formula is C8H19N3O2. The number of nitrogens with two attached hydrogens (primary N) is 1. The predicted molar refractivity (Wildman–Crippen MR) is 51.9 cm³/mol. The molecule has 0 fully saturated rings. The molecule has 0 aliphatic carbocycles. The molecule has 0 aliphatic rings. The fourth-order valence-electron chi connectivity index (χ4n) is 0.890. The van der Waals surface area contributed by atoms with Gasteiger partial charge in [0.2, 0.25) is 0 Å². The van der Waals surface area contributed by atoms with Crippen LogP contribution in [0, 0.1) is 5.92 Å². The van der Waals surface area contributed by atoms with E-state index in [0.717, 1.165) is 0 Å². The van der Waals surface area contributed by atoms with Crippen LogP contribution in [0.4, 0.5) is 0 Å². The lowest BCUT2D eigenvalue weighted by molar-refractivity contribution is 0.171. The van der Waals surface area contributed by atoms with E-state index in [-0.39, 0.29) is 17.8 Å². The molecule has 13 heavy (non-hydrogen) atoms. The molecule has 0 aromatic heterocycles. The van der Waals surface area contributed by atoms with E-state index in [2.05, 4.69) is 10.5 Å². The zero-order valence-electron chi connectivity index (χ0n) is 8.45. The molecule has 0 spiro atoms. The molecular weight excluding hydrogens is 170 g/mol. The lowest BCUT2D eigenvalue weighted by atomic mass is 10.1. The van der Waals surface area contributed by atoms with Crippen LogP contribution < -0.4 is 11.1 Å². The number of methoxy groups -OCH3 is 1. The topological polar surface area (TPSA) is 79.9 Å². The Morgan fingerprint density at radius 3 is 2.69 bits per heavy atom. The second-order valence-corrected chi connectivity index (χ2v) is 3.19. The first-order valence-corrected chi connectivity index (χ1v) is 4.31. The fraction of sp³-hybridized carbons (Fsp3) is 0.875. The van der Waals surface area contributed by atoms with Crippen LogP contribution in [0.2, 0.25) is 0 Å². The molecule has 5 nitrogen and oxygen atoms in total. The van der Waals surface area contributed by atoms with Crippen molar-refractivity contribution in [3.63, 3.8) is 0 Å². The summed E-state index contributed by atoms with van der Waals surface area (Å²) in [5, 5.41) is 14.5. The second kappa shape index (κ2) is 6.68. The zero-order valence-corrected chi connectivity index (χ0v) is 8.45. The quantitative estimate of drug-likeness (QED) is 0.238. The van der Waals surface area contributed by atoms with Gasteiger partial charge in [-0.3, -0.25) is 0 Å². The average Bonchev–Trinajstić information content (AvgIpc) is 2.13. The smallest absolute Gasteiger partial charge is 0.143 e. The van der Waals surface area contributed by atoms with E-state index < -0.39 is 0 Å². The maximum Gasteiger partial charge on any atom is 0.143 e. The number of hydrogen-bond acceptors (Lipinski definition) is 4. The number of nitrogens with one attached hydrogen (secondary N) is 1. The van der Waals surface area contributed by atoms with Gasteiger partial charge in [-0.15, -0.1) is 0 Å². The summed E-state index contributed by atoms with van der Waals surface area (Å²) < 4.78 is 4.95. The molecule has 0 saturated heterocycles. The second-order valence-electron chi connectivity index (χ2n) is 3.19. The summed E-state index contributed by atoms with van der Waals surface area (Å²) in [4.78, 5) is 0. The molecule has 0 bridgehead atoms. The highest BCUT2D eigenvalue weighted by molar-refractivity contribution is 5.82. The van der Waals surface area contributed by atoms with E-state index in [9.17, 15) is 0 Å². The van der Waals surface area contributed by atoms with Crippen LogP contribution in [0.5, 0.6) is 0 Å². The Morgan fingerprint density at radius 2 is 2.23 bits per heavy atom. The maximum atomic E-state index is 8.38. The number of nitrogens with zero attached hydrogens (tertiary/aromatic N) is 1. The Bertz CT molecular complexity index is 161. The van der Waals surface area contributed by atoms with Crippen LogP contribution in [-0.2, 0) is 4.74 Å². The number of oxime groups is 1. The van der Waals surface area contributed by atoms with Gasteiger partial charge in [-0.25, -0.2) is 0 Å². The summed E-state index contributed by atoms with van der Waals surface area (Å²) >= 11 is 0. The van der Waals surface area contributed by atoms with Crippen molar-refractivity contribution in [3.05, 3.63) is 0 Å². The van der Waals surface area contributed by atoms with Crippen LogP contribution in [0.3, 0.4) is 0 Å². The molecule has 0 heterocycles. The van der Waals surface area contributed by atoms with Gasteiger partial charge >= 0.3 is 0 Å². The lowest BCUT2D eigenvalue weighted by Gasteiger charge is -2.15. The van der Waals surface area contributed by atoms with E-state index >= 15 is 0 Å². The van der Waals surface area contributed by atoms with E-state index in [1.807, 2.05) is 13.8 Å². The third-order valence-electron chi connectivity index (χ3n) is 1.81. The van der Waals surface area contributed by atoms with Gasteiger partial charge in [-0.05, 0) is 6.92 Å². The van der Waals surface area contributed by atoms with Gasteiger partial charge < -0.3 is 21.0 Å². The summed E-state index contributed by atoms with van der Waals surface area (Å²) in [6.07, 6.45) is 0. The Morgan fingerprint density at radius 1 is 1.62 bits per heavy atom. The molecule has 0 aliphatic heterocycles. The predicted octanol–water partition coefficient (Wildman–Crippen LogP) is -0.00660. The summed E-state index contributed by atoms with van der Waals surface area (Å²) in [5.41, 5.74) is 5.41. The summed E-state index contributed by atoms with van der Waals surface area (Å²) in [6.45, 7) is 5.24. The molecule has 0 rings (SSSR count). The molecule has 5 heteroatoms. The fourth-order valence-corrected chi connectivity index (χ4v) is 0.890. The van der Waals surface area contributed by atoms with E-state index in [0.29, 0.717) is 13.2 Å². The van der Waals surface area contributed by atoms with Gasteiger partial charge in [0.05, 0.1) is 6.61 Å². The summed E-state index contributed by atoms with van der Waals surface area (Å²) in [6, 6.07) is 0.277. The SMILES string of the molecule is COCC(C)NCC(C)C(N)=NO. The highest BCUT2D eigenvalue weighted by Gasteiger charge is 2.08. The Kier molecular flexibility index (Phi) is 6.26. The molecule has 0 aromatic rings. The van der Waals surface area contributed by atoms with Gasteiger partial charge in [0.15, 0.2) is 0 Å². The average molecular weight is 189 g/mol. The molecule has 0 saturated carbocycles. The normalized spacial score (nSPS) is 17.0. The molecule has 0 aromatic carbocycles. The minimum absolute atomic E-state index is 0.0318. The van der Waals surface area contributed by atoms with Gasteiger partial charge in [-0.2, -0.15) is 0 Å². The Balaban J connectivity index is 3.63. The minimum atomic E-state index is 0.0318.